The van der Waals surface area contributed by atoms with Gasteiger partial charge >= 0.3 is 5.97 Å². The molecule has 0 amide bonds. The molecule has 0 aliphatic rings. The van der Waals surface area contributed by atoms with Gasteiger partial charge in [0.1, 0.15) is 0 Å². The van der Waals surface area contributed by atoms with E-state index in [9.17, 15) is 4.79 Å². The van der Waals surface area contributed by atoms with E-state index >= 15 is 0 Å². The number of hydrogen-bond acceptors (Lipinski definition) is 1. The predicted molar refractivity (Wildman–Crippen MR) is 54.7 cm³/mol. The Hall–Kier alpha value is -1.05. The predicted octanol–water partition coefficient (Wildman–Crippen LogP) is 3.15. The molecular formula is C11H18O2. The second-order valence-corrected chi connectivity index (χ2v) is 2.97. The van der Waals surface area contributed by atoms with E-state index in [4.69, 9.17) is 5.11 Å². The third-order valence-corrected chi connectivity index (χ3v) is 1.71. The smallest absolute Gasteiger partial charge is 0.328 e. The van der Waals surface area contributed by atoms with E-state index in [0.29, 0.717) is 0 Å². The summed E-state index contributed by atoms with van der Waals surface area (Å²) in [6.07, 6.45) is 12.6. The van der Waals surface area contributed by atoms with E-state index in [1.165, 1.54) is 25.7 Å². The van der Waals surface area contributed by atoms with Gasteiger partial charge in [-0.3, -0.25) is 0 Å². The summed E-state index contributed by atoms with van der Waals surface area (Å²) in [6.45, 7) is 2.19. The SMILES string of the molecule is CCCCCC/C=C/C=C/C(=O)O. The minimum Gasteiger partial charge on any atom is -0.478 e. The third kappa shape index (κ3) is 10.9. The number of carboxylic acid groups (broad SMARTS) is 1. The fraction of sp³-hybridized carbons (Fsp3) is 0.545. The molecule has 1 N–H and O–H groups in total. The summed E-state index contributed by atoms with van der Waals surface area (Å²) in [7, 11) is 0. The van der Waals surface area contributed by atoms with Crippen molar-refractivity contribution in [3.8, 4) is 0 Å². The van der Waals surface area contributed by atoms with Gasteiger partial charge in [-0.1, -0.05) is 44.4 Å². The second kappa shape index (κ2) is 9.04. The summed E-state index contributed by atoms with van der Waals surface area (Å²) in [4.78, 5) is 10.1. The molecule has 0 aliphatic carbocycles. The molecule has 0 aromatic heterocycles. The van der Waals surface area contributed by atoms with Crippen LogP contribution in [-0.2, 0) is 4.79 Å². The lowest BCUT2D eigenvalue weighted by Gasteiger charge is -1.92. The van der Waals surface area contributed by atoms with Crippen LogP contribution in [-0.4, -0.2) is 11.1 Å². The van der Waals surface area contributed by atoms with Gasteiger partial charge in [0.2, 0.25) is 0 Å². The van der Waals surface area contributed by atoms with Crippen LogP contribution in [0.1, 0.15) is 39.0 Å². The van der Waals surface area contributed by atoms with Crippen molar-refractivity contribution < 1.29 is 9.90 Å². The van der Waals surface area contributed by atoms with Gasteiger partial charge in [0.15, 0.2) is 0 Å². The highest BCUT2D eigenvalue weighted by molar-refractivity contribution is 5.80. The first-order chi connectivity index (χ1) is 6.27. The molecule has 0 saturated heterocycles. The minimum atomic E-state index is -0.893. The summed E-state index contributed by atoms with van der Waals surface area (Å²) < 4.78 is 0. The largest absolute Gasteiger partial charge is 0.478 e. The highest BCUT2D eigenvalue weighted by Crippen LogP contribution is 2.02. The highest BCUT2D eigenvalue weighted by atomic mass is 16.4. The highest BCUT2D eigenvalue weighted by Gasteiger charge is 1.84. The molecule has 2 nitrogen and oxygen atoms in total. The van der Waals surface area contributed by atoms with E-state index in [1.807, 2.05) is 6.08 Å². The summed E-state index contributed by atoms with van der Waals surface area (Å²) in [5.41, 5.74) is 0. The Labute approximate surface area is 80.0 Å². The molecule has 0 bridgehead atoms. The van der Waals surface area contributed by atoms with Crippen LogP contribution in [0, 0.1) is 0 Å². The average Bonchev–Trinajstić information content (AvgIpc) is 2.09. The number of aliphatic carboxylic acids is 1. The van der Waals surface area contributed by atoms with Gasteiger partial charge in [-0.25, -0.2) is 4.79 Å². The van der Waals surface area contributed by atoms with Crippen molar-refractivity contribution in [2.45, 2.75) is 39.0 Å². The van der Waals surface area contributed by atoms with E-state index in [1.54, 1.807) is 12.2 Å². The van der Waals surface area contributed by atoms with Gasteiger partial charge in [-0.15, -0.1) is 0 Å². The maximum atomic E-state index is 10.1. The maximum absolute atomic E-state index is 10.1. The van der Waals surface area contributed by atoms with Crippen LogP contribution in [0.15, 0.2) is 24.3 Å². The van der Waals surface area contributed by atoms with Crippen LogP contribution in [0.25, 0.3) is 0 Å². The molecule has 0 aromatic rings. The van der Waals surface area contributed by atoms with Gasteiger partial charge in [-0.05, 0) is 12.8 Å². The van der Waals surface area contributed by atoms with E-state index in [2.05, 4.69) is 6.92 Å². The van der Waals surface area contributed by atoms with Crippen molar-refractivity contribution in [1.82, 2.24) is 0 Å². The molecule has 0 unspecified atom stereocenters. The first kappa shape index (κ1) is 11.9. The normalized spacial score (nSPS) is 11.5. The van der Waals surface area contributed by atoms with Crippen LogP contribution in [0.4, 0.5) is 0 Å². The lowest BCUT2D eigenvalue weighted by molar-refractivity contribution is -0.131. The molecule has 0 spiro atoms. The quantitative estimate of drug-likeness (QED) is 0.373. The second-order valence-electron chi connectivity index (χ2n) is 2.97. The minimum absolute atomic E-state index is 0.893. The molecule has 0 atom stereocenters. The average molecular weight is 182 g/mol. The molecule has 0 heterocycles. The van der Waals surface area contributed by atoms with Crippen LogP contribution in [0.3, 0.4) is 0 Å². The number of hydrogen-bond donors (Lipinski definition) is 1. The summed E-state index contributed by atoms with van der Waals surface area (Å²) in [6, 6.07) is 0. The molecule has 0 rings (SSSR count). The fourth-order valence-corrected chi connectivity index (χ4v) is 1.00. The zero-order valence-electron chi connectivity index (χ0n) is 8.20. The van der Waals surface area contributed by atoms with Crippen LogP contribution >= 0.6 is 0 Å². The number of carboxylic acids is 1. The Morgan fingerprint density at radius 2 is 2.00 bits per heavy atom. The monoisotopic (exact) mass is 182 g/mol. The van der Waals surface area contributed by atoms with Gasteiger partial charge < -0.3 is 5.11 Å². The van der Waals surface area contributed by atoms with Crippen LogP contribution in [0.2, 0.25) is 0 Å². The number of unbranched alkanes of at least 4 members (excludes halogenated alkanes) is 4. The van der Waals surface area contributed by atoms with Crippen LogP contribution in [0.5, 0.6) is 0 Å². The standard InChI is InChI=1S/C11H18O2/c1-2-3-4-5-6-7-8-9-10-11(12)13/h7-10H,2-6H2,1H3,(H,12,13)/b8-7+,10-9+. The maximum Gasteiger partial charge on any atom is 0.328 e. The van der Waals surface area contributed by atoms with Gasteiger partial charge in [-0.2, -0.15) is 0 Å². The molecule has 0 saturated carbocycles. The van der Waals surface area contributed by atoms with Crippen molar-refractivity contribution >= 4 is 5.97 Å². The van der Waals surface area contributed by atoms with Crippen molar-refractivity contribution in [3.63, 3.8) is 0 Å². The Kier molecular flexibility index (Phi) is 8.31. The Morgan fingerprint density at radius 3 is 2.62 bits per heavy atom. The Morgan fingerprint density at radius 1 is 1.23 bits per heavy atom. The first-order valence-electron chi connectivity index (χ1n) is 4.83. The fourth-order valence-electron chi connectivity index (χ4n) is 1.00. The Balaban J connectivity index is 3.26. The molecule has 13 heavy (non-hydrogen) atoms. The molecule has 2 heteroatoms. The van der Waals surface area contributed by atoms with Gasteiger partial charge in [0.25, 0.3) is 0 Å². The topological polar surface area (TPSA) is 37.3 Å². The summed E-state index contributed by atoms with van der Waals surface area (Å²) >= 11 is 0. The molecule has 0 fully saturated rings. The number of carbonyl (C=O) groups is 1. The summed E-state index contributed by atoms with van der Waals surface area (Å²) in [5.74, 6) is -0.893. The first-order valence-corrected chi connectivity index (χ1v) is 4.83. The number of rotatable bonds is 7. The van der Waals surface area contributed by atoms with E-state index in [-0.39, 0.29) is 0 Å². The molecule has 74 valence electrons. The van der Waals surface area contributed by atoms with Gasteiger partial charge in [0.05, 0.1) is 0 Å². The molecular weight excluding hydrogens is 164 g/mol. The third-order valence-electron chi connectivity index (χ3n) is 1.71. The van der Waals surface area contributed by atoms with Crippen molar-refractivity contribution in [2.75, 3.05) is 0 Å². The van der Waals surface area contributed by atoms with E-state index < -0.39 is 5.97 Å². The lowest BCUT2D eigenvalue weighted by Crippen LogP contribution is -1.84. The molecule has 0 aliphatic heterocycles. The lowest BCUT2D eigenvalue weighted by atomic mass is 10.1. The molecule has 0 aromatic carbocycles. The van der Waals surface area contributed by atoms with Crippen molar-refractivity contribution in [1.29, 1.82) is 0 Å². The van der Waals surface area contributed by atoms with Crippen molar-refractivity contribution in [3.05, 3.63) is 24.3 Å². The molecule has 0 radical (unpaired) electrons. The van der Waals surface area contributed by atoms with Crippen LogP contribution < -0.4 is 0 Å². The van der Waals surface area contributed by atoms with Gasteiger partial charge in [0, 0.05) is 6.08 Å². The van der Waals surface area contributed by atoms with Crippen molar-refractivity contribution in [2.24, 2.45) is 0 Å². The van der Waals surface area contributed by atoms with E-state index in [0.717, 1.165) is 12.5 Å². The zero-order valence-corrected chi connectivity index (χ0v) is 8.20. The number of allylic oxidation sites excluding steroid dienone is 3. The zero-order chi connectivity index (χ0) is 9.94. The Bertz CT molecular complexity index is 181. The summed E-state index contributed by atoms with van der Waals surface area (Å²) in [5, 5.41) is 8.27.